The summed E-state index contributed by atoms with van der Waals surface area (Å²) in [5.74, 6) is 2.85. The molecule has 1 N–H and O–H groups in total. The molecule has 0 radical (unpaired) electrons. The molecule has 1 aromatic carbocycles. The van der Waals surface area contributed by atoms with Crippen molar-refractivity contribution in [2.45, 2.75) is 49.8 Å². The van der Waals surface area contributed by atoms with Gasteiger partial charge in [-0.1, -0.05) is 17.2 Å². The van der Waals surface area contributed by atoms with Crippen LogP contribution in [0.5, 0.6) is 0 Å². The van der Waals surface area contributed by atoms with E-state index in [2.05, 4.69) is 46.0 Å². The zero-order valence-corrected chi connectivity index (χ0v) is 16.4. The van der Waals surface area contributed by atoms with Crippen molar-refractivity contribution < 1.29 is 9.21 Å². The Hall–Kier alpha value is -1.82. The van der Waals surface area contributed by atoms with E-state index < -0.39 is 0 Å². The van der Waals surface area contributed by atoms with Gasteiger partial charge in [-0.05, 0) is 80.2 Å². The van der Waals surface area contributed by atoms with Gasteiger partial charge in [-0.2, -0.15) is 0 Å². The van der Waals surface area contributed by atoms with Crippen LogP contribution in [0.25, 0.3) is 0 Å². The third-order valence-corrected chi connectivity index (χ3v) is 7.47. The first-order valence-corrected chi connectivity index (χ1v) is 11.1. The molecular weight excluding hydrogens is 358 g/mol. The molecule has 4 saturated carbocycles. The highest BCUT2D eigenvalue weighted by atomic mass is 32.2. The van der Waals surface area contributed by atoms with Crippen LogP contribution in [0.15, 0.2) is 33.6 Å². The average Bonchev–Trinajstić information content (AvgIpc) is 3.08. The van der Waals surface area contributed by atoms with E-state index in [1.165, 1.54) is 24.2 Å². The second-order valence-corrected chi connectivity index (χ2v) is 9.56. The number of aromatic nitrogens is 2. The fourth-order valence-corrected chi connectivity index (χ4v) is 6.32. The minimum absolute atomic E-state index is 0.0983. The van der Waals surface area contributed by atoms with Gasteiger partial charge in [-0.25, -0.2) is 0 Å². The highest BCUT2D eigenvalue weighted by Gasteiger charge is 2.54. The van der Waals surface area contributed by atoms with E-state index in [-0.39, 0.29) is 17.3 Å². The lowest BCUT2D eigenvalue weighted by Crippen LogP contribution is -2.51. The van der Waals surface area contributed by atoms with Crippen LogP contribution >= 0.6 is 11.8 Å². The van der Waals surface area contributed by atoms with Crippen LogP contribution in [0.1, 0.15) is 50.0 Å². The zero-order chi connectivity index (χ0) is 18.4. The number of benzene rings is 1. The summed E-state index contributed by atoms with van der Waals surface area (Å²) in [7, 11) is 0. The molecule has 6 rings (SSSR count). The summed E-state index contributed by atoms with van der Waals surface area (Å²) in [5, 5.41) is 11.1. The van der Waals surface area contributed by atoms with Crippen LogP contribution < -0.4 is 5.32 Å². The summed E-state index contributed by atoms with van der Waals surface area (Å²) < 4.78 is 5.72. The molecular formula is C21H25N3O2S. The molecule has 4 fully saturated rings. The fourth-order valence-electron chi connectivity index (χ4n) is 5.91. The lowest BCUT2D eigenvalue weighted by molar-refractivity contribution is -0.140. The van der Waals surface area contributed by atoms with Crippen LogP contribution in [-0.4, -0.2) is 22.4 Å². The van der Waals surface area contributed by atoms with Crippen LogP contribution in [0.4, 0.5) is 6.01 Å². The van der Waals surface area contributed by atoms with E-state index in [0.29, 0.717) is 12.3 Å². The van der Waals surface area contributed by atoms with Crippen LogP contribution in [-0.2, 0) is 11.2 Å². The van der Waals surface area contributed by atoms with Gasteiger partial charge in [-0.15, -0.1) is 16.9 Å². The maximum Gasteiger partial charge on any atom is 0.322 e. The fraction of sp³-hybridized carbons (Fsp3) is 0.571. The molecule has 2 aromatic rings. The second-order valence-electron chi connectivity index (χ2n) is 8.68. The number of carbonyl (C=O) groups is 1. The van der Waals surface area contributed by atoms with Crippen LogP contribution in [0.3, 0.4) is 0 Å². The van der Waals surface area contributed by atoms with Gasteiger partial charge in [0.05, 0.1) is 11.8 Å². The van der Waals surface area contributed by atoms with Gasteiger partial charge in [0, 0.05) is 4.90 Å². The average molecular weight is 384 g/mol. The molecule has 142 valence electrons. The highest BCUT2D eigenvalue weighted by molar-refractivity contribution is 7.98. The smallest absolute Gasteiger partial charge is 0.322 e. The number of hydrogen-bond donors (Lipinski definition) is 1. The molecule has 0 aliphatic heterocycles. The van der Waals surface area contributed by atoms with Crippen molar-refractivity contribution in [1.82, 2.24) is 10.2 Å². The molecule has 1 aromatic heterocycles. The van der Waals surface area contributed by atoms with Gasteiger partial charge < -0.3 is 4.42 Å². The lowest BCUT2D eigenvalue weighted by Gasteiger charge is -2.55. The third kappa shape index (κ3) is 3.28. The minimum atomic E-state index is -0.197. The number of nitrogens with one attached hydrogen (secondary N) is 1. The predicted octanol–water partition coefficient (Wildman–Crippen LogP) is 4.54. The Balaban J connectivity index is 1.26. The Morgan fingerprint density at radius 2 is 1.74 bits per heavy atom. The SMILES string of the molecule is CSc1ccc(Cc2nnc(NC(=O)C34CC5CC(CC(C5)C3)C4)o2)cc1. The number of carbonyl (C=O) groups excluding carboxylic acids is 1. The molecule has 1 heterocycles. The normalized spacial score (nSPS) is 31.2. The number of nitrogens with zero attached hydrogens (tertiary/aromatic N) is 2. The molecule has 1 amide bonds. The van der Waals surface area contributed by atoms with Crippen molar-refractivity contribution in [3.05, 3.63) is 35.7 Å². The molecule has 4 bridgehead atoms. The predicted molar refractivity (Wildman–Crippen MR) is 105 cm³/mol. The van der Waals surface area contributed by atoms with Gasteiger partial charge in [0.2, 0.25) is 11.8 Å². The number of hydrogen-bond acceptors (Lipinski definition) is 5. The van der Waals surface area contributed by atoms with Crippen molar-refractivity contribution >= 4 is 23.7 Å². The molecule has 27 heavy (non-hydrogen) atoms. The summed E-state index contributed by atoms with van der Waals surface area (Å²) in [6.07, 6.45) is 9.72. The van der Waals surface area contributed by atoms with Crippen LogP contribution in [0, 0.1) is 23.2 Å². The first-order valence-electron chi connectivity index (χ1n) is 9.89. The third-order valence-electron chi connectivity index (χ3n) is 6.72. The number of thioether (sulfide) groups is 1. The zero-order valence-electron chi connectivity index (χ0n) is 15.6. The lowest BCUT2D eigenvalue weighted by atomic mass is 9.49. The van der Waals surface area contributed by atoms with Crippen molar-refractivity contribution in [2.75, 3.05) is 11.6 Å². The van der Waals surface area contributed by atoms with E-state index >= 15 is 0 Å². The molecule has 4 aliphatic rings. The molecule has 0 saturated heterocycles. The number of rotatable bonds is 5. The van der Waals surface area contributed by atoms with Gasteiger partial charge in [0.1, 0.15) is 0 Å². The molecule has 0 unspecified atom stereocenters. The number of anilines is 1. The minimum Gasteiger partial charge on any atom is -0.407 e. The highest BCUT2D eigenvalue weighted by Crippen LogP contribution is 2.60. The molecule has 5 nitrogen and oxygen atoms in total. The molecule has 0 atom stereocenters. The summed E-state index contributed by atoms with van der Waals surface area (Å²) in [5.41, 5.74) is 0.923. The Morgan fingerprint density at radius 1 is 1.11 bits per heavy atom. The summed E-state index contributed by atoms with van der Waals surface area (Å²) >= 11 is 1.72. The Morgan fingerprint density at radius 3 is 2.33 bits per heavy atom. The molecule has 4 aliphatic carbocycles. The summed E-state index contributed by atoms with van der Waals surface area (Å²) in [6, 6.07) is 8.57. The Labute approximate surface area is 163 Å². The van der Waals surface area contributed by atoms with Crippen molar-refractivity contribution in [3.8, 4) is 0 Å². The number of amides is 1. The second kappa shape index (κ2) is 6.66. The van der Waals surface area contributed by atoms with E-state index in [4.69, 9.17) is 4.42 Å². The standard InChI is InChI=1S/C21H25N3O2S/c1-27-17-4-2-13(3-5-17)9-18-23-24-20(26-18)22-19(25)21-10-14-6-15(11-21)8-16(7-14)12-21/h2-5,14-16H,6-12H2,1H3,(H,22,24,25). The first kappa shape index (κ1) is 17.3. The first-order chi connectivity index (χ1) is 13.1. The van der Waals surface area contributed by atoms with Crippen molar-refractivity contribution in [1.29, 1.82) is 0 Å². The monoisotopic (exact) mass is 383 g/mol. The van der Waals surface area contributed by atoms with Crippen molar-refractivity contribution in [3.63, 3.8) is 0 Å². The van der Waals surface area contributed by atoms with E-state index in [0.717, 1.165) is 42.6 Å². The quantitative estimate of drug-likeness (QED) is 0.768. The van der Waals surface area contributed by atoms with Crippen molar-refractivity contribution in [2.24, 2.45) is 23.2 Å². The topological polar surface area (TPSA) is 68.0 Å². The van der Waals surface area contributed by atoms with E-state index in [1.54, 1.807) is 11.8 Å². The van der Waals surface area contributed by atoms with Gasteiger partial charge in [0.15, 0.2) is 0 Å². The van der Waals surface area contributed by atoms with Gasteiger partial charge >= 0.3 is 6.01 Å². The van der Waals surface area contributed by atoms with Gasteiger partial charge in [0.25, 0.3) is 0 Å². The summed E-state index contributed by atoms with van der Waals surface area (Å²) in [6.45, 7) is 0. The molecule has 0 spiro atoms. The largest absolute Gasteiger partial charge is 0.407 e. The molecule has 6 heteroatoms. The maximum absolute atomic E-state index is 13.1. The maximum atomic E-state index is 13.1. The Kier molecular flexibility index (Phi) is 4.26. The van der Waals surface area contributed by atoms with E-state index in [9.17, 15) is 4.79 Å². The van der Waals surface area contributed by atoms with E-state index in [1.807, 2.05) is 0 Å². The van der Waals surface area contributed by atoms with Gasteiger partial charge in [-0.3, -0.25) is 10.1 Å². The van der Waals surface area contributed by atoms with Crippen LogP contribution in [0.2, 0.25) is 0 Å². The summed E-state index contributed by atoms with van der Waals surface area (Å²) in [4.78, 5) is 14.3. The Bertz CT molecular complexity index is 810.